The van der Waals surface area contributed by atoms with Crippen LogP contribution in [0, 0.1) is 2.88 Å². The van der Waals surface area contributed by atoms with Crippen LogP contribution in [0.4, 0.5) is 0 Å². The molecule has 0 saturated carbocycles. The molecule has 2 atom stereocenters. The monoisotopic (exact) mass is 365 g/mol. The van der Waals surface area contributed by atoms with Crippen LogP contribution in [0.2, 0.25) is 0 Å². The summed E-state index contributed by atoms with van der Waals surface area (Å²) in [5, 5.41) is 3.87. The fraction of sp³-hybridized carbons (Fsp3) is 0.667. The Hall–Kier alpha value is 0.740. The van der Waals surface area contributed by atoms with Crippen LogP contribution in [-0.4, -0.2) is 17.5 Å². The fourth-order valence-electron chi connectivity index (χ4n) is 2.64. The van der Waals surface area contributed by atoms with Gasteiger partial charge < -0.3 is 5.32 Å². The second kappa shape index (κ2) is 5.16. The molecule has 2 aliphatic rings. The van der Waals surface area contributed by atoms with Crippen molar-refractivity contribution >= 4 is 45.7 Å². The Labute approximate surface area is 119 Å². The molecule has 0 aromatic carbocycles. The molecule has 1 saturated heterocycles. The number of aryl methyl sites for hydroxylation is 1. The van der Waals surface area contributed by atoms with E-state index in [1.165, 1.54) is 40.1 Å². The minimum atomic E-state index is 0.646. The van der Waals surface area contributed by atoms with Crippen LogP contribution in [0.15, 0.2) is 6.07 Å². The van der Waals surface area contributed by atoms with Crippen LogP contribution >= 0.6 is 45.7 Å². The van der Waals surface area contributed by atoms with E-state index in [-0.39, 0.29) is 0 Å². The molecule has 1 fully saturated rings. The summed E-state index contributed by atoms with van der Waals surface area (Å²) in [6, 6.07) is 3.81. The van der Waals surface area contributed by atoms with Gasteiger partial charge in [0.1, 0.15) is 0 Å². The summed E-state index contributed by atoms with van der Waals surface area (Å²) < 4.78 is 1.46. The normalized spacial score (nSPS) is 29.3. The number of halogens is 1. The molecule has 1 N–H and O–H groups in total. The number of nitrogens with one attached hydrogen (secondary N) is 1. The van der Waals surface area contributed by atoms with E-state index in [1.807, 2.05) is 11.3 Å². The highest BCUT2D eigenvalue weighted by Crippen LogP contribution is 2.37. The maximum Gasteiger partial charge on any atom is 0.0659 e. The lowest BCUT2D eigenvalue weighted by Gasteiger charge is -2.26. The predicted octanol–water partition coefficient (Wildman–Crippen LogP) is 3.83. The van der Waals surface area contributed by atoms with Crippen molar-refractivity contribution in [3.8, 4) is 0 Å². The molecule has 3 rings (SSSR count). The molecule has 1 aliphatic carbocycles. The van der Waals surface area contributed by atoms with Crippen LogP contribution in [0.1, 0.15) is 35.7 Å². The van der Waals surface area contributed by atoms with Crippen molar-refractivity contribution in [2.75, 3.05) is 11.5 Å². The Morgan fingerprint density at radius 1 is 1.38 bits per heavy atom. The lowest BCUT2D eigenvalue weighted by molar-refractivity contribution is 0.415. The van der Waals surface area contributed by atoms with Gasteiger partial charge in [0.25, 0.3) is 0 Å². The Balaban J connectivity index is 1.75. The zero-order valence-electron chi connectivity index (χ0n) is 9.17. The maximum absolute atomic E-state index is 3.87. The van der Waals surface area contributed by atoms with E-state index in [0.717, 1.165) is 6.04 Å². The van der Waals surface area contributed by atoms with Gasteiger partial charge in [-0.2, -0.15) is 11.8 Å². The van der Waals surface area contributed by atoms with E-state index in [2.05, 4.69) is 45.7 Å². The molecule has 16 heavy (non-hydrogen) atoms. The number of thiophene rings is 1. The van der Waals surface area contributed by atoms with Gasteiger partial charge in [0, 0.05) is 22.7 Å². The third-order valence-corrected chi connectivity index (χ3v) is 6.58. The van der Waals surface area contributed by atoms with E-state index in [1.54, 1.807) is 10.4 Å². The Morgan fingerprint density at radius 3 is 3.12 bits per heavy atom. The first-order chi connectivity index (χ1) is 7.83. The Morgan fingerprint density at radius 2 is 2.31 bits per heavy atom. The molecule has 0 bridgehead atoms. The van der Waals surface area contributed by atoms with Gasteiger partial charge in [-0.25, -0.2) is 0 Å². The molecule has 2 heterocycles. The average Bonchev–Trinajstić information content (AvgIpc) is 2.86. The molecule has 1 aromatic heterocycles. The number of fused-ring (bicyclic) bond motifs is 1. The minimum Gasteiger partial charge on any atom is -0.306 e. The van der Waals surface area contributed by atoms with Crippen molar-refractivity contribution in [2.24, 2.45) is 0 Å². The van der Waals surface area contributed by atoms with Crippen LogP contribution in [0.3, 0.4) is 0 Å². The molecule has 0 spiro atoms. The van der Waals surface area contributed by atoms with Gasteiger partial charge >= 0.3 is 0 Å². The van der Waals surface area contributed by atoms with Gasteiger partial charge in [-0.1, -0.05) is 0 Å². The van der Waals surface area contributed by atoms with Crippen molar-refractivity contribution in [2.45, 2.75) is 37.8 Å². The first-order valence-corrected chi connectivity index (χ1v) is 9.00. The zero-order valence-corrected chi connectivity index (χ0v) is 13.0. The molecule has 0 radical (unpaired) electrons. The van der Waals surface area contributed by atoms with E-state index in [9.17, 15) is 0 Å². The molecule has 0 amide bonds. The second-order valence-electron chi connectivity index (χ2n) is 4.60. The highest BCUT2D eigenvalue weighted by Gasteiger charge is 2.26. The second-order valence-corrected chi connectivity index (χ2v) is 8.78. The van der Waals surface area contributed by atoms with Crippen molar-refractivity contribution < 1.29 is 0 Å². The quantitative estimate of drug-likeness (QED) is 0.800. The van der Waals surface area contributed by atoms with Gasteiger partial charge in [0.2, 0.25) is 0 Å². The van der Waals surface area contributed by atoms with Gasteiger partial charge in [0.05, 0.1) is 2.88 Å². The zero-order chi connectivity index (χ0) is 11.0. The summed E-state index contributed by atoms with van der Waals surface area (Å²) in [6.07, 6.45) is 5.36. The van der Waals surface area contributed by atoms with E-state index in [4.69, 9.17) is 0 Å². The minimum absolute atomic E-state index is 0.646. The highest BCUT2D eigenvalue weighted by atomic mass is 127. The third kappa shape index (κ3) is 2.44. The topological polar surface area (TPSA) is 12.0 Å². The van der Waals surface area contributed by atoms with Crippen molar-refractivity contribution in [3.05, 3.63) is 19.4 Å². The largest absolute Gasteiger partial charge is 0.306 e. The van der Waals surface area contributed by atoms with Gasteiger partial charge in [-0.05, 0) is 65.7 Å². The smallest absolute Gasteiger partial charge is 0.0659 e. The SMILES string of the molecule is Ic1cc2c(s1)CCCC2NC1CCSC1. The van der Waals surface area contributed by atoms with Crippen molar-refractivity contribution in [1.29, 1.82) is 0 Å². The number of hydrogen-bond donors (Lipinski definition) is 1. The van der Waals surface area contributed by atoms with Crippen molar-refractivity contribution in [3.63, 3.8) is 0 Å². The molecular weight excluding hydrogens is 349 g/mol. The molecular formula is C12H16INS2. The summed E-state index contributed by atoms with van der Waals surface area (Å²) in [7, 11) is 0. The van der Waals surface area contributed by atoms with Gasteiger partial charge in [-0.3, -0.25) is 0 Å². The number of thioether (sulfide) groups is 1. The fourth-order valence-corrected chi connectivity index (χ4v) is 5.93. The third-order valence-electron chi connectivity index (χ3n) is 3.45. The lowest BCUT2D eigenvalue weighted by Crippen LogP contribution is -2.34. The first-order valence-electron chi connectivity index (χ1n) is 5.95. The highest BCUT2D eigenvalue weighted by molar-refractivity contribution is 14.1. The molecule has 88 valence electrons. The lowest BCUT2D eigenvalue weighted by atomic mass is 9.93. The van der Waals surface area contributed by atoms with E-state index in [0.29, 0.717) is 6.04 Å². The maximum atomic E-state index is 3.87. The van der Waals surface area contributed by atoms with Crippen LogP contribution in [0.5, 0.6) is 0 Å². The average molecular weight is 365 g/mol. The molecule has 1 nitrogen and oxygen atoms in total. The van der Waals surface area contributed by atoms with Gasteiger partial charge in [-0.15, -0.1) is 11.3 Å². The summed E-state index contributed by atoms with van der Waals surface area (Å²) in [6.45, 7) is 0. The van der Waals surface area contributed by atoms with E-state index >= 15 is 0 Å². The Kier molecular flexibility index (Phi) is 3.81. The molecule has 2 unspecified atom stereocenters. The summed E-state index contributed by atoms with van der Waals surface area (Å²) in [4.78, 5) is 1.64. The predicted molar refractivity (Wildman–Crippen MR) is 81.6 cm³/mol. The first kappa shape index (κ1) is 11.8. The van der Waals surface area contributed by atoms with Crippen LogP contribution in [-0.2, 0) is 6.42 Å². The molecule has 4 heteroatoms. The standard InChI is InChI=1S/C12H16INS2/c13-12-6-9-10(2-1-3-11(9)16-12)14-8-4-5-15-7-8/h6,8,10,14H,1-5,7H2. The van der Waals surface area contributed by atoms with Crippen molar-refractivity contribution in [1.82, 2.24) is 5.32 Å². The molecule has 1 aliphatic heterocycles. The van der Waals surface area contributed by atoms with Crippen LogP contribution < -0.4 is 5.32 Å². The number of rotatable bonds is 2. The van der Waals surface area contributed by atoms with Gasteiger partial charge in [0.15, 0.2) is 0 Å². The van der Waals surface area contributed by atoms with Crippen LogP contribution in [0.25, 0.3) is 0 Å². The van der Waals surface area contributed by atoms with E-state index < -0.39 is 0 Å². The molecule has 1 aromatic rings. The summed E-state index contributed by atoms with van der Waals surface area (Å²) in [5.41, 5.74) is 1.61. The Bertz CT molecular complexity index is 371. The number of hydrogen-bond acceptors (Lipinski definition) is 3. The summed E-state index contributed by atoms with van der Waals surface area (Å²) in [5.74, 6) is 2.66. The summed E-state index contributed by atoms with van der Waals surface area (Å²) >= 11 is 6.55.